The smallest absolute Gasteiger partial charge is 0.308 e. The molecule has 0 saturated carbocycles. The average Bonchev–Trinajstić information content (AvgIpc) is 2.35. The van der Waals surface area contributed by atoms with Gasteiger partial charge >= 0.3 is 5.97 Å². The quantitative estimate of drug-likeness (QED) is 0.529. The number of fused-ring (bicyclic) bond motifs is 1. The molecule has 2 aromatic carbocycles. The summed E-state index contributed by atoms with van der Waals surface area (Å²) in [5.74, 6) is 0.125. The molecule has 0 aliphatic carbocycles. The second-order valence-electron chi connectivity index (χ2n) is 5.74. The van der Waals surface area contributed by atoms with Crippen LogP contribution in [0.3, 0.4) is 0 Å². The zero-order valence-electron chi connectivity index (χ0n) is 12.3. The summed E-state index contributed by atoms with van der Waals surface area (Å²) in [5.41, 5.74) is 0.368. The van der Waals surface area contributed by atoms with Gasteiger partial charge in [0.25, 0.3) is 0 Å². The van der Waals surface area contributed by atoms with Gasteiger partial charge in [-0.25, -0.2) is 0 Å². The van der Waals surface area contributed by atoms with Gasteiger partial charge in [-0.15, -0.1) is 12.6 Å². The van der Waals surface area contributed by atoms with Crippen LogP contribution in [0.1, 0.15) is 32.8 Å². The minimum atomic E-state index is -0.465. The number of esters is 1. The minimum absolute atomic E-state index is 0.193. The van der Waals surface area contributed by atoms with Gasteiger partial charge in [-0.1, -0.05) is 38.1 Å². The van der Waals surface area contributed by atoms with Crippen molar-refractivity contribution in [1.29, 1.82) is 0 Å². The Morgan fingerprint density at radius 3 is 2.24 bits per heavy atom. The number of carbonyl (C=O) groups is 2. The maximum atomic E-state index is 11.4. The molecule has 4 heteroatoms. The number of thiol groups is 1. The summed E-state index contributed by atoms with van der Waals surface area (Å²) in [6.07, 6.45) is 0.267. The normalized spacial score (nSPS) is 11.4. The maximum Gasteiger partial charge on any atom is 0.308 e. The van der Waals surface area contributed by atoms with E-state index in [2.05, 4.69) is 12.6 Å². The van der Waals surface area contributed by atoms with Crippen molar-refractivity contribution in [3.63, 3.8) is 0 Å². The summed E-state index contributed by atoms with van der Waals surface area (Å²) in [4.78, 5) is 22.7. The summed E-state index contributed by atoms with van der Waals surface area (Å²) in [7, 11) is 0. The van der Waals surface area contributed by atoms with E-state index in [1.54, 1.807) is 0 Å². The van der Waals surface area contributed by atoms with Gasteiger partial charge in [0.05, 0.1) is 0 Å². The van der Waals surface area contributed by atoms with Crippen LogP contribution >= 0.6 is 12.6 Å². The van der Waals surface area contributed by atoms with E-state index in [1.807, 2.05) is 50.2 Å². The van der Waals surface area contributed by atoms with Crippen LogP contribution in [0.15, 0.2) is 36.4 Å². The topological polar surface area (TPSA) is 43.4 Å². The number of carbonyl (C=O) groups excluding carboxylic acids is 2. The second-order valence-corrected chi connectivity index (χ2v) is 6.24. The lowest BCUT2D eigenvalue weighted by molar-refractivity contribution is -0.131. The van der Waals surface area contributed by atoms with E-state index in [9.17, 15) is 9.59 Å². The van der Waals surface area contributed by atoms with Gasteiger partial charge in [0.15, 0.2) is 5.12 Å². The molecule has 0 bridgehead atoms. The van der Waals surface area contributed by atoms with Crippen molar-refractivity contribution in [2.75, 3.05) is 0 Å². The van der Waals surface area contributed by atoms with E-state index in [-0.39, 0.29) is 17.5 Å². The lowest BCUT2D eigenvalue weighted by Gasteiger charge is -2.26. The Hall–Kier alpha value is -1.81. The number of hydrogen-bond donors (Lipinski definition) is 1. The molecule has 3 nitrogen and oxygen atoms in total. The fourth-order valence-corrected chi connectivity index (χ4v) is 2.86. The molecule has 2 rings (SSSR count). The molecule has 0 saturated heterocycles. The predicted molar refractivity (Wildman–Crippen MR) is 86.9 cm³/mol. The number of hydrogen-bond acceptors (Lipinski definition) is 3. The van der Waals surface area contributed by atoms with Crippen molar-refractivity contribution >= 4 is 34.5 Å². The van der Waals surface area contributed by atoms with E-state index >= 15 is 0 Å². The molecule has 0 aromatic heterocycles. The molecule has 0 heterocycles. The van der Waals surface area contributed by atoms with Crippen LogP contribution in [0.25, 0.3) is 10.8 Å². The SMILES string of the molecule is CC(=O)Oc1cc2ccccc2cc1C(C)(C)CC(=O)S. The Labute approximate surface area is 129 Å². The molecule has 0 aliphatic rings. The van der Waals surface area contributed by atoms with Gasteiger partial charge in [-0.3, -0.25) is 9.59 Å². The standard InChI is InChI=1S/C17H18O3S/c1-11(18)20-15-9-13-7-5-4-6-12(13)8-14(15)17(2,3)10-16(19)21/h4-9H,10H2,1-3H3,(H,19,21). The summed E-state index contributed by atoms with van der Waals surface area (Å²) in [6, 6.07) is 11.7. The number of ether oxygens (including phenoxy) is 1. The first-order valence-electron chi connectivity index (χ1n) is 6.73. The first-order valence-corrected chi connectivity index (χ1v) is 7.18. The molecular weight excluding hydrogens is 284 g/mol. The fourth-order valence-electron chi connectivity index (χ4n) is 2.46. The first kappa shape index (κ1) is 15.6. The van der Waals surface area contributed by atoms with E-state index in [0.29, 0.717) is 5.75 Å². The van der Waals surface area contributed by atoms with Crippen molar-refractivity contribution < 1.29 is 14.3 Å². The summed E-state index contributed by atoms with van der Waals surface area (Å²) >= 11 is 3.87. The Balaban J connectivity index is 2.63. The first-order chi connectivity index (χ1) is 9.79. The van der Waals surface area contributed by atoms with Crippen LogP contribution in [-0.4, -0.2) is 11.1 Å². The minimum Gasteiger partial charge on any atom is -0.426 e. The highest BCUT2D eigenvalue weighted by molar-refractivity contribution is 7.96. The van der Waals surface area contributed by atoms with Crippen LogP contribution in [-0.2, 0) is 15.0 Å². The highest BCUT2D eigenvalue weighted by Crippen LogP contribution is 2.37. The second kappa shape index (κ2) is 5.90. The van der Waals surface area contributed by atoms with Crippen molar-refractivity contribution in [3.8, 4) is 5.75 Å². The van der Waals surface area contributed by atoms with Gasteiger partial charge in [-0.05, 0) is 22.9 Å². The van der Waals surface area contributed by atoms with Gasteiger partial charge in [0, 0.05) is 24.3 Å². The Morgan fingerprint density at radius 1 is 1.14 bits per heavy atom. The predicted octanol–water partition coefficient (Wildman–Crippen LogP) is 3.89. The molecule has 0 aliphatic heterocycles. The lowest BCUT2D eigenvalue weighted by Crippen LogP contribution is -2.21. The van der Waals surface area contributed by atoms with E-state index in [4.69, 9.17) is 4.74 Å². The molecule has 0 amide bonds. The lowest BCUT2D eigenvalue weighted by atomic mass is 9.80. The van der Waals surface area contributed by atoms with Crippen LogP contribution in [0.2, 0.25) is 0 Å². The summed E-state index contributed by atoms with van der Waals surface area (Å²) < 4.78 is 5.35. The Kier molecular flexibility index (Phi) is 4.37. The average molecular weight is 302 g/mol. The molecule has 2 aromatic rings. The van der Waals surface area contributed by atoms with Gasteiger partial charge < -0.3 is 4.74 Å². The van der Waals surface area contributed by atoms with Gasteiger partial charge in [0.1, 0.15) is 5.75 Å². The zero-order valence-corrected chi connectivity index (χ0v) is 13.2. The third kappa shape index (κ3) is 3.64. The molecule has 0 unspecified atom stereocenters. The maximum absolute atomic E-state index is 11.4. The van der Waals surface area contributed by atoms with Gasteiger partial charge in [0.2, 0.25) is 0 Å². The van der Waals surface area contributed by atoms with Crippen molar-refractivity contribution in [3.05, 3.63) is 42.0 Å². The molecule has 0 N–H and O–H groups in total. The molecule has 110 valence electrons. The number of benzene rings is 2. The molecule has 0 atom stereocenters. The fraction of sp³-hybridized carbons (Fsp3) is 0.294. The van der Waals surface area contributed by atoms with E-state index in [0.717, 1.165) is 16.3 Å². The number of rotatable bonds is 4. The largest absolute Gasteiger partial charge is 0.426 e. The molecule has 0 fully saturated rings. The monoisotopic (exact) mass is 302 g/mol. The molecule has 0 radical (unpaired) electrons. The highest BCUT2D eigenvalue weighted by Gasteiger charge is 2.27. The summed E-state index contributed by atoms with van der Waals surface area (Å²) in [6.45, 7) is 5.26. The highest BCUT2D eigenvalue weighted by atomic mass is 32.1. The van der Waals surface area contributed by atoms with Gasteiger partial charge in [-0.2, -0.15) is 0 Å². The zero-order chi connectivity index (χ0) is 15.6. The van der Waals surface area contributed by atoms with Crippen LogP contribution in [0, 0.1) is 0 Å². The van der Waals surface area contributed by atoms with Crippen molar-refractivity contribution in [2.24, 2.45) is 0 Å². The molecule has 0 spiro atoms. The van der Waals surface area contributed by atoms with Crippen molar-refractivity contribution in [2.45, 2.75) is 32.6 Å². The third-order valence-electron chi connectivity index (χ3n) is 3.42. The molecular formula is C17H18O3S. The van der Waals surface area contributed by atoms with Crippen LogP contribution in [0.5, 0.6) is 5.75 Å². The third-order valence-corrected chi connectivity index (χ3v) is 3.58. The van der Waals surface area contributed by atoms with Crippen molar-refractivity contribution in [1.82, 2.24) is 0 Å². The van der Waals surface area contributed by atoms with E-state index in [1.165, 1.54) is 6.92 Å². The molecule has 21 heavy (non-hydrogen) atoms. The van der Waals surface area contributed by atoms with Crippen LogP contribution < -0.4 is 4.74 Å². The summed E-state index contributed by atoms with van der Waals surface area (Å²) in [5, 5.41) is 1.84. The van der Waals surface area contributed by atoms with E-state index < -0.39 is 5.41 Å². The van der Waals surface area contributed by atoms with Crippen LogP contribution in [0.4, 0.5) is 0 Å². The Bertz CT molecular complexity index is 704. The Morgan fingerprint density at radius 2 is 1.71 bits per heavy atom.